The number of benzene rings is 1. The van der Waals surface area contributed by atoms with Gasteiger partial charge in [0, 0.05) is 16.5 Å². The smallest absolute Gasteiger partial charge is 0.164 e. The van der Waals surface area contributed by atoms with E-state index in [4.69, 9.17) is 0 Å². The second-order valence-electron chi connectivity index (χ2n) is 4.15. The lowest BCUT2D eigenvalue weighted by molar-refractivity contribution is 0.0979. The van der Waals surface area contributed by atoms with Crippen LogP contribution in [-0.4, -0.2) is 5.78 Å². The first-order chi connectivity index (χ1) is 6.02. The second kappa shape index (κ2) is 2.68. The van der Waals surface area contributed by atoms with E-state index in [1.807, 2.05) is 18.2 Å². The Bertz CT molecular complexity index is 380. The lowest BCUT2D eigenvalue weighted by Gasteiger charge is -2.18. The first-order valence-corrected chi connectivity index (χ1v) is 5.14. The molecular formula is C11H11BrO. The zero-order chi connectivity index (χ0) is 9.64. The Morgan fingerprint density at radius 1 is 1.38 bits per heavy atom. The minimum atomic E-state index is -0.00743. The van der Waals surface area contributed by atoms with Crippen molar-refractivity contribution in [1.82, 2.24) is 0 Å². The van der Waals surface area contributed by atoms with E-state index in [9.17, 15) is 4.79 Å². The zero-order valence-electron chi connectivity index (χ0n) is 7.73. The molecule has 0 fully saturated rings. The number of ketones is 1. The number of hydrogen-bond acceptors (Lipinski definition) is 1. The number of Topliss-reactive ketones (excluding diaryl/α,β-unsaturated/α-hetero) is 1. The second-order valence-corrected chi connectivity index (χ2v) is 5.00. The van der Waals surface area contributed by atoms with Gasteiger partial charge in [-0.25, -0.2) is 0 Å². The molecule has 0 atom stereocenters. The normalized spacial score (nSPS) is 18.8. The molecule has 0 aliphatic heterocycles. The summed E-state index contributed by atoms with van der Waals surface area (Å²) >= 11 is 3.50. The maximum atomic E-state index is 11.6. The highest BCUT2D eigenvalue weighted by Gasteiger charge is 2.36. The molecule has 0 radical (unpaired) electrons. The topological polar surface area (TPSA) is 17.1 Å². The molecule has 1 aromatic carbocycles. The van der Waals surface area contributed by atoms with Crippen molar-refractivity contribution in [3.63, 3.8) is 0 Å². The molecule has 68 valence electrons. The van der Waals surface area contributed by atoms with Crippen LogP contribution in [0.5, 0.6) is 0 Å². The van der Waals surface area contributed by atoms with Gasteiger partial charge in [0.25, 0.3) is 0 Å². The highest BCUT2D eigenvalue weighted by atomic mass is 79.9. The molecule has 0 saturated heterocycles. The van der Waals surface area contributed by atoms with Gasteiger partial charge in [0.2, 0.25) is 0 Å². The first-order valence-electron chi connectivity index (χ1n) is 4.34. The van der Waals surface area contributed by atoms with E-state index >= 15 is 0 Å². The Balaban J connectivity index is 2.73. The fourth-order valence-corrected chi connectivity index (χ4v) is 2.93. The molecule has 1 nitrogen and oxygen atoms in total. The quantitative estimate of drug-likeness (QED) is 0.678. The monoisotopic (exact) mass is 238 g/mol. The number of fused-ring (bicyclic) bond motifs is 1. The minimum Gasteiger partial charge on any atom is -0.294 e. The van der Waals surface area contributed by atoms with E-state index in [1.54, 1.807) is 0 Å². The third-order valence-corrected chi connectivity index (χ3v) is 3.25. The third kappa shape index (κ3) is 1.24. The van der Waals surface area contributed by atoms with Gasteiger partial charge in [-0.1, -0.05) is 41.9 Å². The van der Waals surface area contributed by atoms with Crippen molar-refractivity contribution in [2.45, 2.75) is 25.7 Å². The van der Waals surface area contributed by atoms with Crippen LogP contribution in [-0.2, 0) is 5.41 Å². The predicted octanol–water partition coefficient (Wildman–Crippen LogP) is 3.31. The van der Waals surface area contributed by atoms with Crippen LogP contribution in [0.1, 0.15) is 36.2 Å². The fourth-order valence-electron chi connectivity index (χ4n) is 2.03. The molecule has 0 saturated carbocycles. The standard InChI is InChI=1S/C11H11BrO/c1-11(2)6-9(13)7-4-3-5-8(12)10(7)11/h3-5H,6H2,1-2H3. The fraction of sp³-hybridized carbons (Fsp3) is 0.364. The molecule has 2 heteroatoms. The van der Waals surface area contributed by atoms with Crippen LogP contribution in [0.3, 0.4) is 0 Å². The van der Waals surface area contributed by atoms with E-state index in [1.165, 1.54) is 5.56 Å². The summed E-state index contributed by atoms with van der Waals surface area (Å²) in [5, 5.41) is 0. The summed E-state index contributed by atoms with van der Waals surface area (Å²) < 4.78 is 1.06. The van der Waals surface area contributed by atoms with Crippen molar-refractivity contribution in [2.24, 2.45) is 0 Å². The van der Waals surface area contributed by atoms with Crippen LogP contribution in [0.2, 0.25) is 0 Å². The number of carbonyl (C=O) groups is 1. The zero-order valence-corrected chi connectivity index (χ0v) is 9.31. The number of carbonyl (C=O) groups excluding carboxylic acids is 1. The van der Waals surface area contributed by atoms with Crippen LogP contribution in [0.15, 0.2) is 22.7 Å². The van der Waals surface area contributed by atoms with Gasteiger partial charge in [-0.15, -0.1) is 0 Å². The summed E-state index contributed by atoms with van der Waals surface area (Å²) in [4.78, 5) is 11.6. The lowest BCUT2D eigenvalue weighted by atomic mass is 9.87. The van der Waals surface area contributed by atoms with Crippen LogP contribution in [0, 0.1) is 0 Å². The van der Waals surface area contributed by atoms with E-state index in [0.717, 1.165) is 10.0 Å². The molecule has 0 amide bonds. The van der Waals surface area contributed by atoms with Crippen molar-refractivity contribution in [1.29, 1.82) is 0 Å². The molecule has 13 heavy (non-hydrogen) atoms. The number of rotatable bonds is 0. The Morgan fingerprint density at radius 2 is 2.08 bits per heavy atom. The number of hydrogen-bond donors (Lipinski definition) is 0. The molecule has 0 N–H and O–H groups in total. The molecule has 0 unspecified atom stereocenters. The van der Waals surface area contributed by atoms with Crippen LogP contribution >= 0.6 is 15.9 Å². The van der Waals surface area contributed by atoms with Gasteiger partial charge in [0.05, 0.1) is 0 Å². The maximum absolute atomic E-state index is 11.6. The lowest BCUT2D eigenvalue weighted by Crippen LogP contribution is -2.13. The summed E-state index contributed by atoms with van der Waals surface area (Å²) in [7, 11) is 0. The molecule has 1 aliphatic rings. The van der Waals surface area contributed by atoms with Gasteiger partial charge in [0.1, 0.15) is 0 Å². The van der Waals surface area contributed by atoms with Gasteiger partial charge in [-0.3, -0.25) is 4.79 Å². The molecule has 0 aromatic heterocycles. The molecule has 0 bridgehead atoms. The Kier molecular flexibility index (Phi) is 1.84. The van der Waals surface area contributed by atoms with Crippen molar-refractivity contribution in [2.75, 3.05) is 0 Å². The van der Waals surface area contributed by atoms with Crippen LogP contribution < -0.4 is 0 Å². The van der Waals surface area contributed by atoms with E-state index in [2.05, 4.69) is 29.8 Å². The summed E-state index contributed by atoms with van der Waals surface area (Å²) in [6.45, 7) is 4.23. The highest BCUT2D eigenvalue weighted by molar-refractivity contribution is 9.10. The molecule has 1 aromatic rings. The molecule has 0 heterocycles. The van der Waals surface area contributed by atoms with Crippen LogP contribution in [0.25, 0.3) is 0 Å². The molecular weight excluding hydrogens is 228 g/mol. The summed E-state index contributed by atoms with van der Waals surface area (Å²) in [6.07, 6.45) is 0.630. The maximum Gasteiger partial charge on any atom is 0.164 e. The average Bonchev–Trinajstić information content (AvgIpc) is 2.24. The highest BCUT2D eigenvalue weighted by Crippen LogP contribution is 2.42. The minimum absolute atomic E-state index is 0.00743. The molecule has 0 spiro atoms. The van der Waals surface area contributed by atoms with Gasteiger partial charge >= 0.3 is 0 Å². The van der Waals surface area contributed by atoms with Gasteiger partial charge in [-0.05, 0) is 17.0 Å². The van der Waals surface area contributed by atoms with Crippen LogP contribution in [0.4, 0.5) is 0 Å². The van der Waals surface area contributed by atoms with Crippen molar-refractivity contribution in [3.05, 3.63) is 33.8 Å². The van der Waals surface area contributed by atoms with Gasteiger partial charge in [-0.2, -0.15) is 0 Å². The van der Waals surface area contributed by atoms with Crippen molar-refractivity contribution in [3.8, 4) is 0 Å². The summed E-state index contributed by atoms with van der Waals surface area (Å²) in [5.41, 5.74) is 2.05. The summed E-state index contributed by atoms with van der Waals surface area (Å²) in [5.74, 6) is 0.265. The Hall–Kier alpha value is -0.630. The Labute approximate surface area is 86.3 Å². The Morgan fingerprint density at radius 3 is 2.69 bits per heavy atom. The average molecular weight is 239 g/mol. The molecule has 2 rings (SSSR count). The van der Waals surface area contributed by atoms with E-state index in [0.29, 0.717) is 6.42 Å². The summed E-state index contributed by atoms with van der Waals surface area (Å²) in [6, 6.07) is 5.83. The number of halogens is 1. The predicted molar refractivity (Wildman–Crippen MR) is 56.1 cm³/mol. The van der Waals surface area contributed by atoms with Crippen molar-refractivity contribution < 1.29 is 4.79 Å². The van der Waals surface area contributed by atoms with Gasteiger partial charge < -0.3 is 0 Å². The largest absolute Gasteiger partial charge is 0.294 e. The van der Waals surface area contributed by atoms with Gasteiger partial charge in [0.15, 0.2) is 5.78 Å². The van der Waals surface area contributed by atoms with Crippen molar-refractivity contribution >= 4 is 21.7 Å². The third-order valence-electron chi connectivity index (χ3n) is 2.59. The van der Waals surface area contributed by atoms with E-state index < -0.39 is 0 Å². The molecule has 1 aliphatic carbocycles. The SMILES string of the molecule is CC1(C)CC(=O)c2cccc(Br)c21. The van der Waals surface area contributed by atoms with E-state index in [-0.39, 0.29) is 11.2 Å². The first kappa shape index (κ1) is 8.95.